The van der Waals surface area contributed by atoms with E-state index in [4.69, 9.17) is 9.25 Å². The van der Waals surface area contributed by atoms with Gasteiger partial charge in [-0.1, -0.05) is 30.3 Å². The van der Waals surface area contributed by atoms with E-state index < -0.39 is 0 Å². The topological polar surface area (TPSA) is 25.6 Å². The van der Waals surface area contributed by atoms with Gasteiger partial charge in [0.25, 0.3) is 0 Å². The first-order valence-electron chi connectivity index (χ1n) is 6.45. The SMILES string of the molecule is c1ccc([C@H]2C[C@@H]3C[C@@H](c4ccco4)N2O3)cc1. The molecule has 4 rings (SSSR count). The average Bonchev–Trinajstić information content (AvgIpc) is 3.15. The minimum Gasteiger partial charge on any atom is -0.468 e. The van der Waals surface area contributed by atoms with E-state index in [9.17, 15) is 0 Å². The van der Waals surface area contributed by atoms with Crippen LogP contribution in [0.25, 0.3) is 0 Å². The van der Waals surface area contributed by atoms with Crippen molar-refractivity contribution in [3.63, 3.8) is 0 Å². The van der Waals surface area contributed by atoms with Gasteiger partial charge >= 0.3 is 0 Å². The molecule has 0 radical (unpaired) electrons. The van der Waals surface area contributed by atoms with Crippen molar-refractivity contribution in [1.82, 2.24) is 5.06 Å². The van der Waals surface area contributed by atoms with Crippen LogP contribution in [0.1, 0.15) is 36.2 Å². The second-order valence-electron chi connectivity index (χ2n) is 5.02. The summed E-state index contributed by atoms with van der Waals surface area (Å²) < 4.78 is 5.53. The molecule has 4 atom stereocenters. The van der Waals surface area contributed by atoms with Crippen molar-refractivity contribution in [2.75, 3.05) is 0 Å². The van der Waals surface area contributed by atoms with Gasteiger partial charge in [0.05, 0.1) is 24.5 Å². The molecular formula is C15H15NO2. The number of hydrogen-bond acceptors (Lipinski definition) is 3. The quantitative estimate of drug-likeness (QED) is 0.805. The fraction of sp³-hybridized carbons (Fsp3) is 0.333. The molecule has 3 heteroatoms. The third-order valence-electron chi connectivity index (χ3n) is 3.91. The molecule has 3 heterocycles. The second kappa shape index (κ2) is 3.97. The maximum Gasteiger partial charge on any atom is 0.123 e. The van der Waals surface area contributed by atoms with Crippen molar-refractivity contribution in [3.05, 3.63) is 60.1 Å². The molecule has 1 unspecified atom stereocenters. The Morgan fingerprint density at radius 3 is 2.50 bits per heavy atom. The van der Waals surface area contributed by atoms with Crippen molar-refractivity contribution in [2.45, 2.75) is 31.0 Å². The maximum atomic E-state index is 5.95. The summed E-state index contributed by atoms with van der Waals surface area (Å²) in [4.78, 5) is 5.95. The van der Waals surface area contributed by atoms with Crippen molar-refractivity contribution < 1.29 is 9.25 Å². The van der Waals surface area contributed by atoms with Gasteiger partial charge in [-0.2, -0.15) is 5.06 Å². The Balaban J connectivity index is 1.65. The van der Waals surface area contributed by atoms with E-state index in [0.29, 0.717) is 12.1 Å². The van der Waals surface area contributed by atoms with Crippen LogP contribution >= 0.6 is 0 Å². The van der Waals surface area contributed by atoms with E-state index in [1.165, 1.54) is 5.56 Å². The molecule has 1 aromatic carbocycles. The molecule has 0 saturated carbocycles. The molecule has 18 heavy (non-hydrogen) atoms. The Kier molecular flexibility index (Phi) is 2.28. The molecule has 2 saturated heterocycles. The van der Waals surface area contributed by atoms with Crippen molar-refractivity contribution in [1.29, 1.82) is 0 Å². The number of furan rings is 1. The molecular weight excluding hydrogens is 226 g/mol. The van der Waals surface area contributed by atoms with Crippen LogP contribution in [-0.2, 0) is 4.84 Å². The summed E-state index contributed by atoms with van der Waals surface area (Å²) >= 11 is 0. The Morgan fingerprint density at radius 2 is 1.78 bits per heavy atom. The highest BCUT2D eigenvalue weighted by Crippen LogP contribution is 2.49. The summed E-state index contributed by atoms with van der Waals surface area (Å²) in [6.07, 6.45) is 4.20. The maximum absolute atomic E-state index is 5.95. The van der Waals surface area contributed by atoms with E-state index in [0.717, 1.165) is 18.6 Å². The third kappa shape index (κ3) is 1.51. The van der Waals surface area contributed by atoms with E-state index in [1.807, 2.05) is 12.1 Å². The van der Waals surface area contributed by atoms with Crippen LogP contribution in [0.15, 0.2) is 53.1 Å². The van der Waals surface area contributed by atoms with Crippen molar-refractivity contribution in [3.8, 4) is 0 Å². The molecule has 2 aliphatic rings. The summed E-state index contributed by atoms with van der Waals surface area (Å²) in [5.74, 6) is 1.01. The average molecular weight is 241 g/mol. The van der Waals surface area contributed by atoms with Crippen LogP contribution in [0.2, 0.25) is 0 Å². The monoisotopic (exact) mass is 241 g/mol. The molecule has 0 amide bonds. The van der Waals surface area contributed by atoms with E-state index in [2.05, 4.69) is 35.4 Å². The fourth-order valence-corrected chi connectivity index (χ4v) is 3.11. The fourth-order valence-electron chi connectivity index (χ4n) is 3.11. The molecule has 0 N–H and O–H groups in total. The summed E-state index contributed by atoms with van der Waals surface area (Å²) in [6, 6.07) is 15.2. The van der Waals surface area contributed by atoms with Gasteiger partial charge in [0.15, 0.2) is 0 Å². The van der Waals surface area contributed by atoms with Gasteiger partial charge in [0.1, 0.15) is 5.76 Å². The lowest BCUT2D eigenvalue weighted by atomic mass is 9.92. The van der Waals surface area contributed by atoms with Gasteiger partial charge in [-0.15, -0.1) is 0 Å². The lowest BCUT2D eigenvalue weighted by molar-refractivity contribution is -0.139. The molecule has 2 aliphatic heterocycles. The Hall–Kier alpha value is -1.58. The largest absolute Gasteiger partial charge is 0.468 e. The first-order chi connectivity index (χ1) is 8.92. The highest BCUT2D eigenvalue weighted by molar-refractivity contribution is 5.22. The van der Waals surface area contributed by atoms with Gasteiger partial charge in [-0.3, -0.25) is 4.84 Å². The first kappa shape index (κ1) is 10.4. The second-order valence-corrected chi connectivity index (χ2v) is 5.02. The predicted octanol–water partition coefficient (Wildman–Crippen LogP) is 3.47. The third-order valence-corrected chi connectivity index (χ3v) is 3.91. The van der Waals surface area contributed by atoms with Crippen LogP contribution in [-0.4, -0.2) is 11.2 Å². The number of piperidine rings is 1. The van der Waals surface area contributed by atoms with E-state index >= 15 is 0 Å². The van der Waals surface area contributed by atoms with Gasteiger partial charge in [0.2, 0.25) is 0 Å². The standard InChI is InChI=1S/C15H15NO2/c1-2-5-11(6-3-1)13-9-12-10-14(16(13)18-12)15-7-4-8-17-15/h1-8,12-14H,9-10H2/t12-,13-,14+/m1/s1. The molecule has 92 valence electrons. The van der Waals surface area contributed by atoms with Gasteiger partial charge in [0, 0.05) is 6.42 Å². The van der Waals surface area contributed by atoms with Crippen molar-refractivity contribution >= 4 is 0 Å². The van der Waals surface area contributed by atoms with Gasteiger partial charge < -0.3 is 4.42 Å². The van der Waals surface area contributed by atoms with Crippen LogP contribution in [0.5, 0.6) is 0 Å². The molecule has 3 nitrogen and oxygen atoms in total. The summed E-state index contributed by atoms with van der Waals surface area (Å²) in [7, 11) is 0. The Bertz CT molecular complexity index is 523. The van der Waals surface area contributed by atoms with Crippen LogP contribution < -0.4 is 0 Å². The summed E-state index contributed by atoms with van der Waals surface area (Å²) in [5.41, 5.74) is 1.33. The van der Waals surface area contributed by atoms with Crippen LogP contribution in [0.3, 0.4) is 0 Å². The highest BCUT2D eigenvalue weighted by Gasteiger charge is 2.47. The lowest BCUT2D eigenvalue weighted by Gasteiger charge is -2.28. The number of nitrogens with zero attached hydrogens (tertiary/aromatic N) is 1. The van der Waals surface area contributed by atoms with Crippen LogP contribution in [0, 0.1) is 0 Å². The number of hydroxylamine groups is 2. The first-order valence-corrected chi connectivity index (χ1v) is 6.45. The van der Waals surface area contributed by atoms with Crippen LogP contribution in [0.4, 0.5) is 0 Å². The zero-order valence-corrected chi connectivity index (χ0v) is 10.0. The van der Waals surface area contributed by atoms with Crippen molar-refractivity contribution in [2.24, 2.45) is 0 Å². The summed E-state index contributed by atoms with van der Waals surface area (Å²) in [5, 5.41) is 2.12. The molecule has 2 fully saturated rings. The molecule has 2 bridgehead atoms. The number of benzene rings is 1. The van der Waals surface area contributed by atoms with Gasteiger partial charge in [-0.25, -0.2) is 0 Å². The smallest absolute Gasteiger partial charge is 0.123 e. The summed E-state index contributed by atoms with van der Waals surface area (Å²) in [6.45, 7) is 0. The number of hydrogen-bond donors (Lipinski definition) is 0. The highest BCUT2D eigenvalue weighted by atomic mass is 16.7. The Morgan fingerprint density at radius 1 is 0.944 bits per heavy atom. The molecule has 0 aliphatic carbocycles. The molecule has 2 aromatic rings. The lowest BCUT2D eigenvalue weighted by Crippen LogP contribution is -2.25. The number of fused-ring (bicyclic) bond motifs is 2. The van der Waals surface area contributed by atoms with Gasteiger partial charge in [-0.05, 0) is 24.1 Å². The molecule has 1 aromatic heterocycles. The normalized spacial score (nSPS) is 34.0. The minimum atomic E-state index is 0.268. The Labute approximate surface area is 106 Å². The van der Waals surface area contributed by atoms with E-state index in [1.54, 1.807) is 6.26 Å². The molecule has 0 spiro atoms. The minimum absolute atomic E-state index is 0.268. The van der Waals surface area contributed by atoms with E-state index in [-0.39, 0.29) is 6.04 Å². The predicted molar refractivity (Wildman–Crippen MR) is 66.6 cm³/mol. The zero-order valence-electron chi connectivity index (χ0n) is 10.0. The zero-order chi connectivity index (χ0) is 11.9. The number of rotatable bonds is 2.